The summed E-state index contributed by atoms with van der Waals surface area (Å²) in [6.07, 6.45) is 0. The van der Waals surface area contributed by atoms with Gasteiger partial charge in [0, 0.05) is 42.7 Å². The molecule has 0 spiro atoms. The van der Waals surface area contributed by atoms with E-state index < -0.39 is 0 Å². The molecule has 11 rings (SSSR count). The van der Waals surface area contributed by atoms with Crippen molar-refractivity contribution >= 4 is 70.1 Å². The third-order valence-corrected chi connectivity index (χ3v) is 13.4. The molecule has 0 radical (unpaired) electrons. The van der Waals surface area contributed by atoms with Crippen molar-refractivity contribution in [3.05, 3.63) is 218 Å². The standard InChI is InChI=1S/C55H36N2S2/c1-4-12-37(13-5-1)39-20-22-42(23-21-39)47-18-10-11-19-50(47)57(45-29-24-40(25-30-45)38-14-6-2-7-15-38)46-31-26-41(27-32-46)44-28-34-51-48(36-44)53-52(58-51)35-33-49-54(53)59-55(56-49)43-16-8-3-9-17-43/h1-36H. The monoisotopic (exact) mass is 788 g/mol. The Balaban J connectivity index is 0.993. The van der Waals surface area contributed by atoms with Crippen LogP contribution >= 0.6 is 22.7 Å². The van der Waals surface area contributed by atoms with Crippen molar-refractivity contribution in [2.45, 2.75) is 0 Å². The maximum absolute atomic E-state index is 5.06. The van der Waals surface area contributed by atoms with Crippen LogP contribution in [0.3, 0.4) is 0 Å². The molecule has 0 aliphatic rings. The highest BCUT2D eigenvalue weighted by atomic mass is 32.1. The number of benzene rings is 9. The largest absolute Gasteiger partial charge is 0.310 e. The average molecular weight is 789 g/mol. The van der Waals surface area contributed by atoms with Gasteiger partial charge in [-0.25, -0.2) is 4.98 Å². The van der Waals surface area contributed by atoms with Gasteiger partial charge in [-0.05, 0) is 93.5 Å². The van der Waals surface area contributed by atoms with E-state index >= 15 is 0 Å². The molecule has 2 heterocycles. The summed E-state index contributed by atoms with van der Waals surface area (Å²) in [5, 5.41) is 3.65. The number of para-hydroxylation sites is 1. The average Bonchev–Trinajstić information content (AvgIpc) is 3.92. The molecular formula is C55H36N2S2. The van der Waals surface area contributed by atoms with Crippen molar-refractivity contribution in [1.29, 1.82) is 0 Å². The van der Waals surface area contributed by atoms with Gasteiger partial charge in [-0.1, -0.05) is 164 Å². The molecule has 59 heavy (non-hydrogen) atoms. The van der Waals surface area contributed by atoms with E-state index in [9.17, 15) is 0 Å². The molecule has 0 aliphatic carbocycles. The van der Waals surface area contributed by atoms with Crippen LogP contribution in [0, 0.1) is 0 Å². The SMILES string of the molecule is c1ccc(-c2ccc(-c3ccccc3N(c3ccc(-c4ccccc4)cc3)c3ccc(-c4ccc5sc6ccc7nc(-c8ccccc8)sc7c6c5c4)cc3)cc2)cc1. The summed E-state index contributed by atoms with van der Waals surface area (Å²) in [6.45, 7) is 0. The zero-order valence-corrected chi connectivity index (χ0v) is 33.6. The number of thiazole rings is 1. The van der Waals surface area contributed by atoms with Crippen molar-refractivity contribution in [2.24, 2.45) is 0 Å². The van der Waals surface area contributed by atoms with Gasteiger partial charge >= 0.3 is 0 Å². The Kier molecular flexibility index (Phi) is 8.92. The molecule has 2 aromatic heterocycles. The maximum atomic E-state index is 5.06. The molecule has 0 amide bonds. The fourth-order valence-electron chi connectivity index (χ4n) is 8.18. The predicted molar refractivity (Wildman–Crippen MR) is 254 cm³/mol. The molecule has 0 N–H and O–H groups in total. The van der Waals surface area contributed by atoms with Crippen molar-refractivity contribution in [3.8, 4) is 55.1 Å². The fourth-order valence-corrected chi connectivity index (χ4v) is 10.5. The van der Waals surface area contributed by atoms with Crippen LogP contribution in [0.1, 0.15) is 0 Å². The van der Waals surface area contributed by atoms with Crippen LogP contribution in [0.5, 0.6) is 0 Å². The van der Waals surface area contributed by atoms with Crippen LogP contribution in [0.2, 0.25) is 0 Å². The summed E-state index contributed by atoms with van der Waals surface area (Å²) in [5.74, 6) is 0. The number of aromatic nitrogens is 1. The van der Waals surface area contributed by atoms with E-state index in [0.29, 0.717) is 0 Å². The topological polar surface area (TPSA) is 16.1 Å². The first kappa shape index (κ1) is 35.1. The Morgan fingerprint density at radius 2 is 0.831 bits per heavy atom. The molecule has 9 aromatic carbocycles. The van der Waals surface area contributed by atoms with Crippen molar-refractivity contribution in [1.82, 2.24) is 4.98 Å². The number of hydrogen-bond acceptors (Lipinski definition) is 4. The third kappa shape index (κ3) is 6.59. The predicted octanol–water partition coefficient (Wildman–Crippen LogP) is 16.5. The first-order chi connectivity index (χ1) is 29.2. The molecular weight excluding hydrogens is 753 g/mol. The minimum absolute atomic E-state index is 1.06. The van der Waals surface area contributed by atoms with Gasteiger partial charge in [0.15, 0.2) is 0 Å². The van der Waals surface area contributed by atoms with Gasteiger partial charge in [0.25, 0.3) is 0 Å². The van der Waals surface area contributed by atoms with Crippen LogP contribution in [0.25, 0.3) is 85.5 Å². The molecule has 278 valence electrons. The van der Waals surface area contributed by atoms with E-state index in [2.05, 4.69) is 223 Å². The number of hydrogen-bond donors (Lipinski definition) is 0. The highest BCUT2D eigenvalue weighted by Gasteiger charge is 2.19. The summed E-state index contributed by atoms with van der Waals surface area (Å²) in [5.41, 5.74) is 15.1. The van der Waals surface area contributed by atoms with Crippen LogP contribution in [-0.4, -0.2) is 4.98 Å². The highest BCUT2D eigenvalue weighted by molar-refractivity contribution is 7.28. The quantitative estimate of drug-likeness (QED) is 0.152. The smallest absolute Gasteiger partial charge is 0.124 e. The van der Waals surface area contributed by atoms with E-state index in [0.717, 1.165) is 33.1 Å². The number of fused-ring (bicyclic) bond motifs is 5. The number of nitrogens with zero attached hydrogens (tertiary/aromatic N) is 2. The summed E-state index contributed by atoms with van der Waals surface area (Å²) in [6, 6.07) is 78.7. The Morgan fingerprint density at radius 1 is 0.356 bits per heavy atom. The molecule has 0 saturated carbocycles. The van der Waals surface area contributed by atoms with Crippen LogP contribution < -0.4 is 4.90 Å². The van der Waals surface area contributed by atoms with Gasteiger partial charge in [0.1, 0.15) is 5.01 Å². The van der Waals surface area contributed by atoms with Crippen molar-refractivity contribution in [3.63, 3.8) is 0 Å². The van der Waals surface area contributed by atoms with E-state index in [-0.39, 0.29) is 0 Å². The van der Waals surface area contributed by atoms with Crippen LogP contribution in [0.4, 0.5) is 17.1 Å². The van der Waals surface area contributed by atoms with E-state index in [1.54, 1.807) is 11.3 Å². The second-order valence-electron chi connectivity index (χ2n) is 14.7. The number of thiophene rings is 1. The van der Waals surface area contributed by atoms with E-state index in [1.165, 1.54) is 69.4 Å². The lowest BCUT2D eigenvalue weighted by Gasteiger charge is -2.28. The van der Waals surface area contributed by atoms with Crippen molar-refractivity contribution in [2.75, 3.05) is 4.90 Å². The lowest BCUT2D eigenvalue weighted by molar-refractivity contribution is 1.28. The normalized spacial score (nSPS) is 11.4. The highest BCUT2D eigenvalue weighted by Crippen LogP contribution is 2.45. The molecule has 4 heteroatoms. The lowest BCUT2D eigenvalue weighted by atomic mass is 9.98. The van der Waals surface area contributed by atoms with Gasteiger partial charge < -0.3 is 4.90 Å². The molecule has 0 aliphatic heterocycles. The van der Waals surface area contributed by atoms with Crippen molar-refractivity contribution < 1.29 is 0 Å². The molecule has 0 unspecified atom stereocenters. The molecule has 0 bridgehead atoms. The number of rotatable bonds is 8. The fraction of sp³-hybridized carbons (Fsp3) is 0. The summed E-state index contributed by atoms with van der Waals surface area (Å²) >= 11 is 3.65. The van der Waals surface area contributed by atoms with E-state index in [4.69, 9.17) is 4.98 Å². The molecule has 0 saturated heterocycles. The van der Waals surface area contributed by atoms with E-state index in [1.807, 2.05) is 11.3 Å². The molecule has 0 atom stereocenters. The maximum Gasteiger partial charge on any atom is 0.124 e. The summed E-state index contributed by atoms with van der Waals surface area (Å²) < 4.78 is 3.84. The Morgan fingerprint density at radius 3 is 1.46 bits per heavy atom. The Hall–Kier alpha value is -7.11. The second kappa shape index (κ2) is 15.0. The zero-order chi connectivity index (χ0) is 39.1. The van der Waals surface area contributed by atoms with Crippen LogP contribution in [-0.2, 0) is 0 Å². The van der Waals surface area contributed by atoms with Gasteiger partial charge in [-0.3, -0.25) is 0 Å². The zero-order valence-electron chi connectivity index (χ0n) is 32.0. The molecule has 0 fully saturated rings. The Bertz CT molecular complexity index is 3220. The molecule has 11 aromatic rings. The van der Waals surface area contributed by atoms with Gasteiger partial charge in [-0.15, -0.1) is 22.7 Å². The summed E-state index contributed by atoms with van der Waals surface area (Å²) in [7, 11) is 0. The lowest BCUT2D eigenvalue weighted by Crippen LogP contribution is -2.11. The Labute approximate surface area is 351 Å². The van der Waals surface area contributed by atoms with Crippen LogP contribution in [0.15, 0.2) is 218 Å². The number of anilines is 3. The third-order valence-electron chi connectivity index (χ3n) is 11.1. The first-order valence-electron chi connectivity index (χ1n) is 19.9. The first-order valence-corrected chi connectivity index (χ1v) is 21.5. The van der Waals surface area contributed by atoms with Gasteiger partial charge in [-0.2, -0.15) is 0 Å². The molecule has 2 nitrogen and oxygen atoms in total. The second-order valence-corrected chi connectivity index (χ2v) is 16.8. The van der Waals surface area contributed by atoms with Gasteiger partial charge in [0.05, 0.1) is 15.9 Å². The minimum Gasteiger partial charge on any atom is -0.310 e. The summed E-state index contributed by atoms with van der Waals surface area (Å²) in [4.78, 5) is 7.44. The van der Waals surface area contributed by atoms with Gasteiger partial charge in [0.2, 0.25) is 0 Å². The minimum atomic E-state index is 1.06.